The van der Waals surface area contributed by atoms with Crippen molar-refractivity contribution in [3.8, 4) is 0 Å². The number of carbonyl (C=O) groups excluding carboxylic acids is 1. The second-order valence-electron chi connectivity index (χ2n) is 3.67. The summed E-state index contributed by atoms with van der Waals surface area (Å²) in [7, 11) is 0. The van der Waals surface area contributed by atoms with Crippen LogP contribution in [0.25, 0.3) is 0 Å². The Hall–Kier alpha value is -1.42. The lowest BCUT2D eigenvalue weighted by atomic mass is 10.2. The van der Waals surface area contributed by atoms with Gasteiger partial charge in [0.25, 0.3) is 5.56 Å². The summed E-state index contributed by atoms with van der Waals surface area (Å²) in [5.74, 6) is 0. The van der Waals surface area contributed by atoms with E-state index >= 15 is 0 Å². The molecule has 0 amide bonds. The lowest BCUT2D eigenvalue weighted by Crippen LogP contribution is -2.27. The van der Waals surface area contributed by atoms with Crippen molar-refractivity contribution in [3.05, 3.63) is 34.2 Å². The molecule has 2 rings (SSSR count). The second kappa shape index (κ2) is 4.40. The van der Waals surface area contributed by atoms with Crippen LogP contribution in [0, 0.1) is 0 Å². The quantitative estimate of drug-likeness (QED) is 0.690. The number of hydrogen-bond acceptors (Lipinski definition) is 3. The van der Waals surface area contributed by atoms with Crippen LogP contribution in [0.3, 0.4) is 0 Å². The van der Waals surface area contributed by atoms with Gasteiger partial charge in [-0.2, -0.15) is 0 Å². The second-order valence-corrected chi connectivity index (χ2v) is 3.67. The third-order valence-electron chi connectivity index (χ3n) is 2.60. The van der Waals surface area contributed by atoms with Gasteiger partial charge in [-0.1, -0.05) is 0 Å². The number of ether oxygens (including phenoxy) is 1. The molecule has 0 spiro atoms. The summed E-state index contributed by atoms with van der Waals surface area (Å²) in [4.78, 5) is 22.2. The normalized spacial score (nSPS) is 20.4. The summed E-state index contributed by atoms with van der Waals surface area (Å²) in [6.45, 7) is 1.31. The van der Waals surface area contributed by atoms with E-state index in [0.29, 0.717) is 12.8 Å². The van der Waals surface area contributed by atoms with Gasteiger partial charge in [-0.25, -0.2) is 0 Å². The van der Waals surface area contributed by atoms with Gasteiger partial charge >= 0.3 is 0 Å². The van der Waals surface area contributed by atoms with Gasteiger partial charge in [0, 0.05) is 12.8 Å². The minimum Gasteiger partial charge on any atom is -0.376 e. The Morgan fingerprint density at radius 2 is 2.47 bits per heavy atom. The average molecular weight is 207 g/mol. The fourth-order valence-corrected chi connectivity index (χ4v) is 1.80. The van der Waals surface area contributed by atoms with E-state index in [0.717, 1.165) is 19.4 Å². The Kier molecular flexibility index (Phi) is 2.97. The maximum absolute atomic E-state index is 11.7. The van der Waals surface area contributed by atoms with Crippen LogP contribution in [0.5, 0.6) is 0 Å². The molecule has 1 saturated heterocycles. The SMILES string of the molecule is O=Cc1cccn(C[C@H]2CCCO2)c1=O. The first-order chi connectivity index (χ1) is 7.31. The van der Waals surface area contributed by atoms with E-state index in [9.17, 15) is 9.59 Å². The third-order valence-corrected chi connectivity index (χ3v) is 2.60. The van der Waals surface area contributed by atoms with Crippen molar-refractivity contribution in [1.29, 1.82) is 0 Å². The Morgan fingerprint density at radius 1 is 1.60 bits per heavy atom. The molecule has 1 aliphatic rings. The first-order valence-electron chi connectivity index (χ1n) is 5.07. The Bertz CT molecular complexity index is 405. The van der Waals surface area contributed by atoms with Crippen LogP contribution in [0.15, 0.2) is 23.1 Å². The van der Waals surface area contributed by atoms with E-state index in [-0.39, 0.29) is 17.2 Å². The molecule has 1 fully saturated rings. The number of aromatic nitrogens is 1. The molecule has 0 aliphatic carbocycles. The standard InChI is InChI=1S/C11H13NO3/c13-8-9-3-1-5-12(11(9)14)7-10-4-2-6-15-10/h1,3,5,8,10H,2,4,6-7H2/t10-/m1/s1. The van der Waals surface area contributed by atoms with E-state index in [1.165, 1.54) is 6.07 Å². The zero-order chi connectivity index (χ0) is 10.7. The van der Waals surface area contributed by atoms with E-state index in [2.05, 4.69) is 0 Å². The van der Waals surface area contributed by atoms with Gasteiger partial charge in [0.15, 0.2) is 6.29 Å². The number of hydrogen-bond donors (Lipinski definition) is 0. The number of aldehydes is 1. The first kappa shape index (κ1) is 10.1. The van der Waals surface area contributed by atoms with Crippen LogP contribution in [-0.2, 0) is 11.3 Å². The molecule has 1 aromatic rings. The summed E-state index contributed by atoms with van der Waals surface area (Å²) >= 11 is 0. The summed E-state index contributed by atoms with van der Waals surface area (Å²) in [6.07, 6.45) is 4.43. The van der Waals surface area contributed by atoms with E-state index in [1.807, 2.05) is 0 Å². The van der Waals surface area contributed by atoms with Gasteiger partial charge in [-0.05, 0) is 25.0 Å². The maximum atomic E-state index is 11.7. The fourth-order valence-electron chi connectivity index (χ4n) is 1.80. The highest BCUT2D eigenvalue weighted by atomic mass is 16.5. The highest BCUT2D eigenvalue weighted by Crippen LogP contribution is 2.12. The van der Waals surface area contributed by atoms with Gasteiger partial charge in [0.2, 0.25) is 0 Å². The van der Waals surface area contributed by atoms with Gasteiger partial charge in [0.05, 0.1) is 18.2 Å². The molecule has 4 nitrogen and oxygen atoms in total. The molecule has 0 aromatic carbocycles. The minimum absolute atomic E-state index is 0.115. The topological polar surface area (TPSA) is 48.3 Å². The van der Waals surface area contributed by atoms with Crippen molar-refractivity contribution in [2.45, 2.75) is 25.5 Å². The molecule has 15 heavy (non-hydrogen) atoms. The van der Waals surface area contributed by atoms with Crippen molar-refractivity contribution in [1.82, 2.24) is 4.57 Å². The molecule has 0 radical (unpaired) electrons. The average Bonchev–Trinajstić information content (AvgIpc) is 2.74. The van der Waals surface area contributed by atoms with E-state index in [4.69, 9.17) is 4.74 Å². The smallest absolute Gasteiger partial charge is 0.261 e. The van der Waals surface area contributed by atoms with Crippen molar-refractivity contribution in [2.24, 2.45) is 0 Å². The lowest BCUT2D eigenvalue weighted by molar-refractivity contribution is 0.0958. The Morgan fingerprint density at radius 3 is 3.13 bits per heavy atom. The number of carbonyl (C=O) groups is 1. The molecule has 0 saturated carbocycles. The molecule has 4 heteroatoms. The van der Waals surface area contributed by atoms with Crippen molar-refractivity contribution >= 4 is 6.29 Å². The zero-order valence-corrected chi connectivity index (χ0v) is 8.39. The molecule has 2 heterocycles. The third kappa shape index (κ3) is 2.15. The molecule has 80 valence electrons. The van der Waals surface area contributed by atoms with Crippen molar-refractivity contribution in [2.75, 3.05) is 6.61 Å². The Labute approximate surface area is 87.5 Å². The fraction of sp³-hybridized carbons (Fsp3) is 0.455. The molecule has 0 N–H and O–H groups in total. The highest BCUT2D eigenvalue weighted by molar-refractivity contribution is 5.73. The summed E-state index contributed by atoms with van der Waals surface area (Å²) in [5, 5.41) is 0. The highest BCUT2D eigenvalue weighted by Gasteiger charge is 2.16. The predicted octanol–water partition coefficient (Wildman–Crippen LogP) is 0.840. The number of nitrogens with zero attached hydrogens (tertiary/aromatic N) is 1. The summed E-state index contributed by atoms with van der Waals surface area (Å²) in [5.41, 5.74) is -0.0292. The molecular formula is C11H13NO3. The molecular weight excluding hydrogens is 194 g/mol. The van der Waals surface area contributed by atoms with E-state index < -0.39 is 0 Å². The van der Waals surface area contributed by atoms with Crippen LogP contribution in [0.4, 0.5) is 0 Å². The van der Waals surface area contributed by atoms with E-state index in [1.54, 1.807) is 16.8 Å². The monoisotopic (exact) mass is 207 g/mol. The molecule has 1 atom stereocenters. The molecule has 1 aliphatic heterocycles. The number of rotatable bonds is 3. The van der Waals surface area contributed by atoms with Gasteiger partial charge < -0.3 is 9.30 Å². The van der Waals surface area contributed by atoms with Gasteiger partial charge in [-0.15, -0.1) is 0 Å². The predicted molar refractivity (Wildman–Crippen MR) is 55.1 cm³/mol. The van der Waals surface area contributed by atoms with Crippen molar-refractivity contribution in [3.63, 3.8) is 0 Å². The van der Waals surface area contributed by atoms with Gasteiger partial charge in [-0.3, -0.25) is 9.59 Å². The largest absolute Gasteiger partial charge is 0.376 e. The minimum atomic E-state index is -0.233. The number of pyridine rings is 1. The maximum Gasteiger partial charge on any atom is 0.261 e. The summed E-state index contributed by atoms with van der Waals surface area (Å²) < 4.78 is 6.98. The van der Waals surface area contributed by atoms with Crippen LogP contribution < -0.4 is 5.56 Å². The first-order valence-corrected chi connectivity index (χ1v) is 5.07. The van der Waals surface area contributed by atoms with Crippen LogP contribution in [0.1, 0.15) is 23.2 Å². The van der Waals surface area contributed by atoms with Crippen LogP contribution in [0.2, 0.25) is 0 Å². The summed E-state index contributed by atoms with van der Waals surface area (Å²) in [6, 6.07) is 3.24. The zero-order valence-electron chi connectivity index (χ0n) is 8.39. The lowest BCUT2D eigenvalue weighted by Gasteiger charge is -2.11. The molecule has 0 bridgehead atoms. The Balaban J connectivity index is 2.20. The van der Waals surface area contributed by atoms with Gasteiger partial charge in [0.1, 0.15) is 0 Å². The molecule has 0 unspecified atom stereocenters. The van der Waals surface area contributed by atoms with Crippen molar-refractivity contribution < 1.29 is 9.53 Å². The molecule has 1 aromatic heterocycles. The van der Waals surface area contributed by atoms with Crippen LogP contribution >= 0.6 is 0 Å². The van der Waals surface area contributed by atoms with Crippen LogP contribution in [-0.4, -0.2) is 23.6 Å².